The Morgan fingerprint density at radius 1 is 0.900 bits per heavy atom. The normalized spacial score (nSPS) is 12.4. The fourth-order valence-corrected chi connectivity index (χ4v) is 3.81. The van der Waals surface area contributed by atoms with Crippen molar-refractivity contribution in [3.05, 3.63) is 92.9 Å². The molecule has 1 atom stereocenters. The highest BCUT2D eigenvalue weighted by atomic mass is 35.5. The molecule has 156 valence electrons. The molecule has 1 unspecified atom stereocenters. The van der Waals surface area contributed by atoms with E-state index in [0.29, 0.717) is 26.3 Å². The van der Waals surface area contributed by atoms with Crippen LogP contribution in [0.1, 0.15) is 28.4 Å². The Bertz CT molecular complexity index is 1170. The van der Waals surface area contributed by atoms with Crippen molar-refractivity contribution >= 4 is 56.3 Å². The molecule has 0 aliphatic rings. The van der Waals surface area contributed by atoms with Gasteiger partial charge in [-0.05, 0) is 66.2 Å². The maximum atomic E-state index is 12.8. The second kappa shape index (κ2) is 9.37. The Balaban J connectivity index is 1.89. The number of rotatable bonds is 7. The molecular formula is C21H17Cl3N2O3S. The van der Waals surface area contributed by atoms with Gasteiger partial charge in [0, 0.05) is 22.7 Å². The van der Waals surface area contributed by atoms with Crippen LogP contribution in [0.2, 0.25) is 15.1 Å². The van der Waals surface area contributed by atoms with E-state index in [0.717, 1.165) is 5.56 Å². The number of sulfonamides is 1. The Hall–Kier alpha value is -2.09. The number of hydrogen-bond donors (Lipinski definition) is 2. The van der Waals surface area contributed by atoms with Crippen LogP contribution in [0.4, 0.5) is 5.69 Å². The zero-order valence-electron chi connectivity index (χ0n) is 15.5. The van der Waals surface area contributed by atoms with Crippen LogP contribution in [0.25, 0.3) is 0 Å². The van der Waals surface area contributed by atoms with Crippen molar-refractivity contribution < 1.29 is 13.2 Å². The fraction of sp³-hybridized carbons (Fsp3) is 0.0952. The van der Waals surface area contributed by atoms with Gasteiger partial charge in [-0.3, -0.25) is 4.79 Å². The number of Topliss-reactive ketones (excluding diaryl/α,β-unsaturated/α-hetero) is 1. The number of carbonyl (C=O) groups excluding carboxylic acids is 1. The summed E-state index contributed by atoms with van der Waals surface area (Å²) in [6.45, 7) is 0. The Morgan fingerprint density at radius 2 is 1.53 bits per heavy atom. The average molecular weight is 484 g/mol. The molecule has 0 aliphatic heterocycles. The molecule has 5 nitrogen and oxygen atoms in total. The van der Waals surface area contributed by atoms with E-state index >= 15 is 0 Å². The van der Waals surface area contributed by atoms with Gasteiger partial charge >= 0.3 is 0 Å². The second-order valence-electron chi connectivity index (χ2n) is 6.57. The molecule has 3 aromatic carbocycles. The lowest BCUT2D eigenvalue weighted by Gasteiger charge is -2.21. The number of anilines is 1. The third-order valence-corrected chi connectivity index (χ3v) is 6.35. The van der Waals surface area contributed by atoms with Crippen LogP contribution < -0.4 is 10.5 Å². The lowest BCUT2D eigenvalue weighted by molar-refractivity contribution is 0.0976. The van der Waals surface area contributed by atoms with Gasteiger partial charge in [-0.15, -0.1) is 0 Å². The van der Waals surface area contributed by atoms with Crippen LogP contribution >= 0.6 is 34.8 Å². The first-order valence-corrected chi connectivity index (χ1v) is 11.4. The SMILES string of the molecule is NS(=O)(=O)c1ccc(NC(CC(=O)c2ccc(Cl)cc2)c2ccc(Cl)c(Cl)c2)cc1. The predicted molar refractivity (Wildman–Crippen MR) is 121 cm³/mol. The van der Waals surface area contributed by atoms with E-state index in [1.807, 2.05) is 0 Å². The van der Waals surface area contributed by atoms with Gasteiger partial charge in [-0.25, -0.2) is 13.6 Å². The third kappa shape index (κ3) is 5.74. The van der Waals surface area contributed by atoms with Crippen LogP contribution in [-0.2, 0) is 10.0 Å². The summed E-state index contributed by atoms with van der Waals surface area (Å²) >= 11 is 18.1. The molecular weight excluding hydrogens is 467 g/mol. The van der Waals surface area contributed by atoms with Gasteiger partial charge < -0.3 is 5.32 Å². The zero-order chi connectivity index (χ0) is 21.9. The van der Waals surface area contributed by atoms with Crippen molar-refractivity contribution in [3.63, 3.8) is 0 Å². The zero-order valence-corrected chi connectivity index (χ0v) is 18.6. The smallest absolute Gasteiger partial charge is 0.238 e. The number of nitrogens with two attached hydrogens (primary N) is 1. The minimum atomic E-state index is -3.79. The molecule has 3 N–H and O–H groups in total. The van der Waals surface area contributed by atoms with Gasteiger partial charge in [0.25, 0.3) is 0 Å². The molecule has 30 heavy (non-hydrogen) atoms. The van der Waals surface area contributed by atoms with E-state index in [4.69, 9.17) is 39.9 Å². The highest BCUT2D eigenvalue weighted by Gasteiger charge is 2.19. The summed E-state index contributed by atoms with van der Waals surface area (Å²) in [5, 5.41) is 9.70. The molecule has 0 saturated heterocycles. The molecule has 0 heterocycles. The van der Waals surface area contributed by atoms with Crippen LogP contribution in [0.3, 0.4) is 0 Å². The van der Waals surface area contributed by atoms with Crippen molar-refractivity contribution in [2.24, 2.45) is 5.14 Å². The molecule has 0 saturated carbocycles. The number of primary sulfonamides is 1. The molecule has 0 aromatic heterocycles. The highest BCUT2D eigenvalue weighted by Crippen LogP contribution is 2.30. The summed E-state index contributed by atoms with van der Waals surface area (Å²) in [4.78, 5) is 12.8. The average Bonchev–Trinajstić information content (AvgIpc) is 2.70. The monoisotopic (exact) mass is 482 g/mol. The number of nitrogens with one attached hydrogen (secondary N) is 1. The molecule has 0 fully saturated rings. The van der Waals surface area contributed by atoms with E-state index in [9.17, 15) is 13.2 Å². The molecule has 0 spiro atoms. The van der Waals surface area contributed by atoms with Crippen LogP contribution in [0.15, 0.2) is 71.6 Å². The Morgan fingerprint density at radius 3 is 2.10 bits per heavy atom. The van der Waals surface area contributed by atoms with E-state index in [1.165, 1.54) is 12.1 Å². The summed E-state index contributed by atoms with van der Waals surface area (Å²) < 4.78 is 22.9. The lowest BCUT2D eigenvalue weighted by atomic mass is 9.97. The van der Waals surface area contributed by atoms with Crippen molar-refractivity contribution in [1.82, 2.24) is 0 Å². The van der Waals surface area contributed by atoms with E-state index < -0.39 is 16.1 Å². The Kier molecular flexibility index (Phi) is 7.06. The van der Waals surface area contributed by atoms with Gasteiger partial charge in [0.1, 0.15) is 0 Å². The quantitative estimate of drug-likeness (QED) is 0.421. The lowest BCUT2D eigenvalue weighted by Crippen LogP contribution is -2.16. The number of benzene rings is 3. The predicted octanol–water partition coefficient (Wildman–Crippen LogP) is 5.72. The minimum absolute atomic E-state index is 0.00335. The maximum absolute atomic E-state index is 12.8. The number of halogens is 3. The number of hydrogen-bond acceptors (Lipinski definition) is 4. The molecule has 0 bridgehead atoms. The number of carbonyl (C=O) groups is 1. The molecule has 9 heteroatoms. The molecule has 0 aliphatic carbocycles. The molecule has 3 rings (SSSR count). The minimum Gasteiger partial charge on any atom is -0.378 e. The second-order valence-corrected chi connectivity index (χ2v) is 9.39. The largest absolute Gasteiger partial charge is 0.378 e. The maximum Gasteiger partial charge on any atom is 0.238 e. The van der Waals surface area contributed by atoms with Crippen LogP contribution in [0, 0.1) is 0 Å². The van der Waals surface area contributed by atoms with Gasteiger partial charge in [-0.2, -0.15) is 0 Å². The van der Waals surface area contributed by atoms with E-state index in [1.54, 1.807) is 54.6 Å². The van der Waals surface area contributed by atoms with Crippen molar-refractivity contribution in [2.75, 3.05) is 5.32 Å². The molecule has 3 aromatic rings. The highest BCUT2D eigenvalue weighted by molar-refractivity contribution is 7.89. The first-order chi connectivity index (χ1) is 14.1. The van der Waals surface area contributed by atoms with E-state index in [-0.39, 0.29) is 17.1 Å². The van der Waals surface area contributed by atoms with Gasteiger partial charge in [-0.1, -0.05) is 40.9 Å². The summed E-state index contributed by atoms with van der Waals surface area (Å²) in [5.41, 5.74) is 1.89. The van der Waals surface area contributed by atoms with Crippen molar-refractivity contribution in [1.29, 1.82) is 0 Å². The summed E-state index contributed by atoms with van der Waals surface area (Å²) in [6, 6.07) is 17.3. The van der Waals surface area contributed by atoms with E-state index in [2.05, 4.69) is 5.32 Å². The van der Waals surface area contributed by atoms with Crippen molar-refractivity contribution in [3.8, 4) is 0 Å². The summed E-state index contributed by atoms with van der Waals surface area (Å²) in [7, 11) is -3.79. The Labute approximate surface area is 189 Å². The summed E-state index contributed by atoms with van der Waals surface area (Å²) in [6.07, 6.45) is 0.122. The third-order valence-electron chi connectivity index (χ3n) is 4.43. The summed E-state index contributed by atoms with van der Waals surface area (Å²) in [5.74, 6) is -0.101. The molecule has 0 amide bonds. The van der Waals surface area contributed by atoms with Crippen LogP contribution in [-0.4, -0.2) is 14.2 Å². The van der Waals surface area contributed by atoms with Gasteiger partial charge in [0.2, 0.25) is 10.0 Å². The van der Waals surface area contributed by atoms with Gasteiger partial charge in [0.15, 0.2) is 5.78 Å². The first kappa shape index (κ1) is 22.6. The topological polar surface area (TPSA) is 89.3 Å². The fourth-order valence-electron chi connectivity index (χ4n) is 2.86. The standard InChI is InChI=1S/C21H17Cl3N2O3S/c22-15-4-1-13(2-5-15)21(27)12-20(14-3-10-18(23)19(24)11-14)26-16-6-8-17(9-7-16)30(25,28)29/h1-11,20,26H,12H2,(H2,25,28,29). The molecule has 0 radical (unpaired) electrons. The number of ketones is 1. The van der Waals surface area contributed by atoms with Gasteiger partial charge in [0.05, 0.1) is 21.0 Å². The van der Waals surface area contributed by atoms with Crippen molar-refractivity contribution in [2.45, 2.75) is 17.4 Å². The first-order valence-electron chi connectivity index (χ1n) is 8.76. The van der Waals surface area contributed by atoms with Crippen LogP contribution in [0.5, 0.6) is 0 Å².